The molecular weight excluding hydrogens is 207 g/mol. The first-order chi connectivity index (χ1) is 5.46. The Kier molecular flexibility index (Phi) is 2.39. The number of hydrogen-bond acceptors (Lipinski definition) is 3. The summed E-state index contributed by atoms with van der Waals surface area (Å²) in [6.07, 6.45) is 0.890. The molecule has 0 fully saturated rings. The molecule has 0 aromatic carbocycles. The molecule has 0 amide bonds. The molecule has 0 unspecified atom stereocenters. The van der Waals surface area contributed by atoms with Crippen molar-refractivity contribution < 1.29 is 12.8 Å². The van der Waals surface area contributed by atoms with Crippen LogP contribution in [0.4, 0.5) is 4.39 Å². The van der Waals surface area contributed by atoms with Crippen molar-refractivity contribution in [3.8, 4) is 0 Å². The Balaban J connectivity index is 3.30. The van der Waals surface area contributed by atoms with Crippen molar-refractivity contribution in [1.82, 2.24) is 9.78 Å². The molecule has 0 aliphatic heterocycles. The third-order valence-electron chi connectivity index (χ3n) is 1.31. The van der Waals surface area contributed by atoms with E-state index in [2.05, 4.69) is 5.10 Å². The number of halogens is 2. The molecule has 0 saturated carbocycles. The van der Waals surface area contributed by atoms with E-state index in [9.17, 15) is 12.8 Å². The highest BCUT2D eigenvalue weighted by molar-refractivity contribution is 8.13. The van der Waals surface area contributed by atoms with Gasteiger partial charge in [-0.1, -0.05) is 0 Å². The highest BCUT2D eigenvalue weighted by Crippen LogP contribution is 2.17. The number of aromatic nitrogens is 2. The van der Waals surface area contributed by atoms with Gasteiger partial charge < -0.3 is 0 Å². The second-order valence-electron chi connectivity index (χ2n) is 2.05. The van der Waals surface area contributed by atoms with Gasteiger partial charge in [-0.25, -0.2) is 13.1 Å². The Labute approximate surface area is 73.4 Å². The maximum atomic E-state index is 13.0. The summed E-state index contributed by atoms with van der Waals surface area (Å²) in [5, 5.41) is 3.48. The van der Waals surface area contributed by atoms with Crippen molar-refractivity contribution in [3.05, 3.63) is 12.1 Å². The molecule has 68 valence electrons. The lowest BCUT2D eigenvalue weighted by molar-refractivity contribution is 0.455. The van der Waals surface area contributed by atoms with Crippen LogP contribution in [0.25, 0.3) is 0 Å². The molecule has 0 aliphatic carbocycles. The van der Waals surface area contributed by atoms with Crippen LogP contribution in [-0.4, -0.2) is 18.2 Å². The topological polar surface area (TPSA) is 52.0 Å². The minimum atomic E-state index is -4.01. The lowest BCUT2D eigenvalue weighted by Gasteiger charge is -1.94. The largest absolute Gasteiger partial charge is 0.267 e. The predicted octanol–water partition coefficient (Wildman–Crippen LogP) is 0.970. The lowest BCUT2D eigenvalue weighted by atomic mass is 10.7. The molecule has 12 heavy (non-hydrogen) atoms. The molecule has 1 aromatic heterocycles. The van der Waals surface area contributed by atoms with Crippen LogP contribution in [0.15, 0.2) is 11.1 Å². The summed E-state index contributed by atoms with van der Waals surface area (Å²) in [5.41, 5.74) is 0. The third kappa shape index (κ3) is 1.59. The molecular formula is C5H6ClFN2O2S. The first kappa shape index (κ1) is 9.47. The summed E-state index contributed by atoms with van der Waals surface area (Å²) >= 11 is 0. The van der Waals surface area contributed by atoms with Gasteiger partial charge in [-0.2, -0.15) is 9.49 Å². The van der Waals surface area contributed by atoms with Crippen molar-refractivity contribution in [2.75, 3.05) is 0 Å². The molecule has 0 aliphatic rings. The summed E-state index contributed by atoms with van der Waals surface area (Å²) < 4.78 is 35.2. The van der Waals surface area contributed by atoms with Crippen LogP contribution < -0.4 is 0 Å². The molecule has 0 atom stereocenters. The number of nitrogens with zero attached hydrogens (tertiary/aromatic N) is 2. The molecule has 0 saturated heterocycles. The first-order valence-electron chi connectivity index (χ1n) is 3.12. The number of hydrogen-bond donors (Lipinski definition) is 0. The van der Waals surface area contributed by atoms with Crippen molar-refractivity contribution >= 4 is 19.7 Å². The molecule has 0 spiro atoms. The monoisotopic (exact) mass is 212 g/mol. The van der Waals surface area contributed by atoms with Crippen molar-refractivity contribution in [1.29, 1.82) is 0 Å². The maximum Gasteiger partial charge on any atom is 0.267 e. The average Bonchev–Trinajstić information content (AvgIpc) is 2.29. The first-order valence-corrected chi connectivity index (χ1v) is 5.43. The van der Waals surface area contributed by atoms with Gasteiger partial charge in [0.2, 0.25) is 5.95 Å². The average molecular weight is 213 g/mol. The van der Waals surface area contributed by atoms with Crippen LogP contribution in [0.3, 0.4) is 0 Å². The van der Waals surface area contributed by atoms with E-state index in [4.69, 9.17) is 10.7 Å². The molecule has 0 bridgehead atoms. The van der Waals surface area contributed by atoms with E-state index in [1.165, 1.54) is 0 Å². The molecule has 1 aromatic rings. The molecule has 0 radical (unpaired) electrons. The van der Waals surface area contributed by atoms with Crippen molar-refractivity contribution in [2.45, 2.75) is 18.4 Å². The van der Waals surface area contributed by atoms with Crippen LogP contribution in [-0.2, 0) is 15.6 Å². The quantitative estimate of drug-likeness (QED) is 0.687. The molecule has 1 rings (SSSR count). The van der Waals surface area contributed by atoms with Crippen LogP contribution in [0, 0.1) is 5.95 Å². The highest BCUT2D eigenvalue weighted by atomic mass is 35.7. The van der Waals surface area contributed by atoms with Crippen molar-refractivity contribution in [3.63, 3.8) is 0 Å². The Hall–Kier alpha value is -0.620. The molecule has 7 heteroatoms. The summed E-state index contributed by atoms with van der Waals surface area (Å²) in [7, 11) is 0.904. The van der Waals surface area contributed by atoms with Gasteiger partial charge in [0.1, 0.15) is 0 Å². The van der Waals surface area contributed by atoms with E-state index in [0.717, 1.165) is 10.9 Å². The predicted molar refractivity (Wildman–Crippen MR) is 40.9 cm³/mol. The Morgan fingerprint density at radius 1 is 1.75 bits per heavy atom. The zero-order valence-electron chi connectivity index (χ0n) is 6.16. The normalized spacial score (nSPS) is 11.9. The Morgan fingerprint density at radius 3 is 2.58 bits per heavy atom. The van der Waals surface area contributed by atoms with E-state index in [1.54, 1.807) is 6.92 Å². The van der Waals surface area contributed by atoms with Crippen LogP contribution in [0.2, 0.25) is 0 Å². The van der Waals surface area contributed by atoms with E-state index in [1.807, 2.05) is 0 Å². The fourth-order valence-corrected chi connectivity index (χ4v) is 1.53. The Bertz CT molecular complexity index is 386. The van der Waals surface area contributed by atoms with Gasteiger partial charge in [0.25, 0.3) is 9.05 Å². The standard InChI is InChI=1S/C5H6ClFN2O2S/c1-2-9-5(7)4(3-8-9)12(6,10)11/h3H,2H2,1H3. The van der Waals surface area contributed by atoms with Gasteiger partial charge in [-0.05, 0) is 6.92 Å². The Morgan fingerprint density at radius 2 is 2.33 bits per heavy atom. The van der Waals surface area contributed by atoms with E-state index in [0.29, 0.717) is 0 Å². The fourth-order valence-electron chi connectivity index (χ4n) is 0.737. The SMILES string of the molecule is CCn1ncc(S(=O)(=O)Cl)c1F. The van der Waals surface area contributed by atoms with E-state index in [-0.39, 0.29) is 6.54 Å². The minimum Gasteiger partial charge on any atom is -0.239 e. The lowest BCUT2D eigenvalue weighted by Crippen LogP contribution is -2.01. The van der Waals surface area contributed by atoms with Crippen LogP contribution >= 0.6 is 10.7 Å². The summed E-state index contributed by atoms with van der Waals surface area (Å²) in [6, 6.07) is 0. The van der Waals surface area contributed by atoms with Crippen LogP contribution in [0.5, 0.6) is 0 Å². The third-order valence-corrected chi connectivity index (χ3v) is 2.60. The van der Waals surface area contributed by atoms with Gasteiger partial charge in [0, 0.05) is 17.2 Å². The number of rotatable bonds is 2. The molecule has 0 N–H and O–H groups in total. The summed E-state index contributed by atoms with van der Waals surface area (Å²) in [6.45, 7) is 1.90. The maximum absolute atomic E-state index is 13.0. The van der Waals surface area contributed by atoms with Gasteiger partial charge in [0.15, 0.2) is 4.90 Å². The summed E-state index contributed by atoms with van der Waals surface area (Å²) in [5.74, 6) is -0.924. The molecule has 4 nitrogen and oxygen atoms in total. The minimum absolute atomic E-state index is 0.262. The number of aryl methyl sites for hydroxylation is 1. The van der Waals surface area contributed by atoms with Gasteiger partial charge in [-0.15, -0.1) is 0 Å². The van der Waals surface area contributed by atoms with Crippen molar-refractivity contribution in [2.24, 2.45) is 0 Å². The van der Waals surface area contributed by atoms with Crippen LogP contribution in [0.1, 0.15) is 6.92 Å². The zero-order valence-corrected chi connectivity index (χ0v) is 7.73. The van der Waals surface area contributed by atoms with E-state index < -0.39 is 19.9 Å². The van der Waals surface area contributed by atoms with E-state index >= 15 is 0 Å². The zero-order chi connectivity index (χ0) is 9.35. The fraction of sp³-hybridized carbons (Fsp3) is 0.400. The molecule has 1 heterocycles. The highest BCUT2D eigenvalue weighted by Gasteiger charge is 2.20. The smallest absolute Gasteiger partial charge is 0.239 e. The second kappa shape index (κ2) is 3.02. The second-order valence-corrected chi connectivity index (χ2v) is 4.59. The van der Waals surface area contributed by atoms with Gasteiger partial charge in [-0.3, -0.25) is 0 Å². The van der Waals surface area contributed by atoms with Gasteiger partial charge in [0.05, 0.1) is 6.20 Å². The summed E-state index contributed by atoms with van der Waals surface area (Å²) in [4.78, 5) is -0.578. The van der Waals surface area contributed by atoms with Gasteiger partial charge >= 0.3 is 0 Å².